The van der Waals surface area contributed by atoms with Crippen LogP contribution in [0.4, 0.5) is 5.69 Å². The normalized spacial score (nSPS) is 21.0. The van der Waals surface area contributed by atoms with Crippen molar-refractivity contribution in [1.29, 1.82) is 0 Å². The van der Waals surface area contributed by atoms with Crippen molar-refractivity contribution < 1.29 is 14.4 Å². The molecule has 35 heavy (non-hydrogen) atoms. The number of hydrogen-bond donors (Lipinski definition) is 1. The summed E-state index contributed by atoms with van der Waals surface area (Å²) in [6.07, 6.45) is 1.49. The van der Waals surface area contributed by atoms with E-state index in [0.717, 1.165) is 44.7 Å². The highest BCUT2D eigenvalue weighted by atomic mass is 16.2. The molecule has 8 nitrogen and oxygen atoms in total. The molecule has 0 aliphatic carbocycles. The molecule has 184 valence electrons. The van der Waals surface area contributed by atoms with E-state index in [2.05, 4.69) is 22.2 Å². The van der Waals surface area contributed by atoms with Crippen LogP contribution in [0.3, 0.4) is 0 Å². The van der Waals surface area contributed by atoms with Gasteiger partial charge in [0.15, 0.2) is 0 Å². The van der Waals surface area contributed by atoms with Crippen LogP contribution in [-0.4, -0.2) is 91.3 Å². The average Bonchev–Trinajstić information content (AvgIpc) is 3.35. The number of piperazine rings is 1. The molecule has 8 heteroatoms. The van der Waals surface area contributed by atoms with Crippen molar-refractivity contribution in [3.8, 4) is 0 Å². The van der Waals surface area contributed by atoms with E-state index >= 15 is 0 Å². The zero-order valence-electron chi connectivity index (χ0n) is 20.3. The summed E-state index contributed by atoms with van der Waals surface area (Å²) >= 11 is 0. The van der Waals surface area contributed by atoms with Crippen LogP contribution in [0, 0.1) is 0 Å². The average molecular weight is 476 g/mol. The molecule has 3 heterocycles. The Hall–Kier alpha value is -3.23. The van der Waals surface area contributed by atoms with Gasteiger partial charge in [-0.15, -0.1) is 0 Å². The molecule has 2 saturated heterocycles. The maximum atomic E-state index is 13.6. The van der Waals surface area contributed by atoms with Gasteiger partial charge in [0, 0.05) is 51.4 Å². The van der Waals surface area contributed by atoms with Crippen LogP contribution >= 0.6 is 0 Å². The fraction of sp³-hybridized carbons (Fsp3) is 0.444. The predicted octanol–water partition coefficient (Wildman–Crippen LogP) is 1.82. The molecule has 2 fully saturated rings. The SMILES string of the molecule is CN1CCN(CCNC(=O)c2ccccc2CN2C(=O)[C@@H]3CCCN3C(=O)c3ccccc32)CC1. The van der Waals surface area contributed by atoms with E-state index in [4.69, 9.17) is 0 Å². The highest BCUT2D eigenvalue weighted by Crippen LogP contribution is 2.33. The van der Waals surface area contributed by atoms with Crippen LogP contribution in [0.15, 0.2) is 48.5 Å². The third kappa shape index (κ3) is 4.81. The first-order chi connectivity index (χ1) is 17.0. The van der Waals surface area contributed by atoms with E-state index in [1.54, 1.807) is 15.9 Å². The Kier molecular flexibility index (Phi) is 6.83. The number of nitrogens with one attached hydrogen (secondary N) is 1. The first-order valence-electron chi connectivity index (χ1n) is 12.5. The summed E-state index contributed by atoms with van der Waals surface area (Å²) in [5, 5.41) is 3.06. The van der Waals surface area contributed by atoms with Gasteiger partial charge in [-0.2, -0.15) is 0 Å². The maximum absolute atomic E-state index is 13.6. The Morgan fingerprint density at radius 3 is 2.54 bits per heavy atom. The second kappa shape index (κ2) is 10.2. The van der Waals surface area contributed by atoms with E-state index < -0.39 is 6.04 Å². The van der Waals surface area contributed by atoms with Crippen LogP contribution in [0.2, 0.25) is 0 Å². The van der Waals surface area contributed by atoms with E-state index in [9.17, 15) is 14.4 Å². The van der Waals surface area contributed by atoms with Gasteiger partial charge in [-0.3, -0.25) is 19.3 Å². The second-order valence-corrected chi connectivity index (χ2v) is 9.66. The highest BCUT2D eigenvalue weighted by molar-refractivity contribution is 6.11. The van der Waals surface area contributed by atoms with Crippen molar-refractivity contribution in [2.75, 3.05) is 57.8 Å². The zero-order chi connectivity index (χ0) is 24.4. The Bertz CT molecular complexity index is 1110. The van der Waals surface area contributed by atoms with Gasteiger partial charge in [-0.1, -0.05) is 30.3 Å². The number of rotatable bonds is 6. The number of anilines is 1. The smallest absolute Gasteiger partial charge is 0.256 e. The highest BCUT2D eigenvalue weighted by Gasteiger charge is 2.42. The molecule has 3 aliphatic heterocycles. The number of hydrogen-bond acceptors (Lipinski definition) is 5. The van der Waals surface area contributed by atoms with E-state index in [-0.39, 0.29) is 24.3 Å². The Morgan fingerprint density at radius 1 is 0.971 bits per heavy atom. The molecule has 0 aromatic heterocycles. The molecule has 5 rings (SSSR count). The summed E-state index contributed by atoms with van der Waals surface area (Å²) < 4.78 is 0. The fourth-order valence-electron chi connectivity index (χ4n) is 5.32. The van der Waals surface area contributed by atoms with Gasteiger partial charge in [0.2, 0.25) is 5.91 Å². The standard InChI is InChI=1S/C27H33N5O3/c1-29-15-17-30(18-16-29)14-12-28-25(33)21-8-3-2-7-20(21)19-32-23-10-5-4-9-22(23)26(34)31-13-6-11-24(31)27(32)35/h2-5,7-10,24H,6,11-19H2,1H3,(H,28,33)/t24-/m0/s1. The Labute approximate surface area is 206 Å². The minimum absolute atomic E-state index is 0.0777. The van der Waals surface area contributed by atoms with Gasteiger partial charge in [0.1, 0.15) is 6.04 Å². The zero-order valence-corrected chi connectivity index (χ0v) is 20.3. The third-order valence-electron chi connectivity index (χ3n) is 7.39. The number of benzene rings is 2. The van der Waals surface area contributed by atoms with Crippen molar-refractivity contribution in [3.63, 3.8) is 0 Å². The quantitative estimate of drug-likeness (QED) is 0.690. The largest absolute Gasteiger partial charge is 0.351 e. The number of carbonyl (C=O) groups excluding carboxylic acids is 3. The lowest BCUT2D eigenvalue weighted by Gasteiger charge is -2.32. The molecular weight excluding hydrogens is 442 g/mol. The maximum Gasteiger partial charge on any atom is 0.256 e. The molecule has 1 N–H and O–H groups in total. The van der Waals surface area contributed by atoms with E-state index in [0.29, 0.717) is 36.3 Å². The summed E-state index contributed by atoms with van der Waals surface area (Å²) in [5.41, 5.74) is 2.49. The monoisotopic (exact) mass is 475 g/mol. The molecular formula is C27H33N5O3. The number of para-hydroxylation sites is 1. The second-order valence-electron chi connectivity index (χ2n) is 9.66. The molecule has 0 saturated carbocycles. The number of likely N-dealkylation sites (N-methyl/N-ethyl adjacent to an activating group) is 1. The molecule has 2 aromatic carbocycles. The van der Waals surface area contributed by atoms with Gasteiger partial charge in [0.05, 0.1) is 17.8 Å². The van der Waals surface area contributed by atoms with E-state index in [1.165, 1.54) is 0 Å². The van der Waals surface area contributed by atoms with Crippen molar-refractivity contribution in [2.45, 2.75) is 25.4 Å². The molecule has 0 spiro atoms. The summed E-state index contributed by atoms with van der Waals surface area (Å²) in [4.78, 5) is 48.0. The van der Waals surface area contributed by atoms with Gasteiger partial charge >= 0.3 is 0 Å². The van der Waals surface area contributed by atoms with Crippen LogP contribution in [0.1, 0.15) is 39.1 Å². The third-order valence-corrected chi connectivity index (χ3v) is 7.39. The summed E-state index contributed by atoms with van der Waals surface area (Å²) in [6.45, 7) is 6.35. The summed E-state index contributed by atoms with van der Waals surface area (Å²) in [6, 6.07) is 14.3. The van der Waals surface area contributed by atoms with Crippen molar-refractivity contribution >= 4 is 23.4 Å². The minimum atomic E-state index is -0.445. The lowest BCUT2D eigenvalue weighted by molar-refractivity contribution is -0.122. The van der Waals surface area contributed by atoms with Crippen LogP contribution in [-0.2, 0) is 11.3 Å². The molecule has 0 unspecified atom stereocenters. The van der Waals surface area contributed by atoms with Crippen molar-refractivity contribution in [1.82, 2.24) is 20.0 Å². The Balaban J connectivity index is 1.34. The lowest BCUT2D eigenvalue weighted by Crippen LogP contribution is -2.47. The molecule has 0 bridgehead atoms. The predicted molar refractivity (Wildman–Crippen MR) is 134 cm³/mol. The van der Waals surface area contributed by atoms with Crippen LogP contribution < -0.4 is 10.2 Å². The summed E-state index contributed by atoms with van der Waals surface area (Å²) in [7, 11) is 2.13. The van der Waals surface area contributed by atoms with Gasteiger partial charge in [-0.05, 0) is 43.7 Å². The molecule has 3 amide bonds. The fourth-order valence-corrected chi connectivity index (χ4v) is 5.32. The van der Waals surface area contributed by atoms with Crippen LogP contribution in [0.25, 0.3) is 0 Å². The molecule has 3 aliphatic rings. The van der Waals surface area contributed by atoms with Crippen LogP contribution in [0.5, 0.6) is 0 Å². The first-order valence-corrected chi connectivity index (χ1v) is 12.5. The molecule has 1 atom stereocenters. The first kappa shape index (κ1) is 23.5. The number of carbonyl (C=O) groups is 3. The molecule has 0 radical (unpaired) electrons. The lowest BCUT2D eigenvalue weighted by atomic mass is 10.0. The number of fused-ring (bicyclic) bond motifs is 2. The Morgan fingerprint density at radius 2 is 1.71 bits per heavy atom. The minimum Gasteiger partial charge on any atom is -0.351 e. The number of nitrogens with zero attached hydrogens (tertiary/aromatic N) is 4. The van der Waals surface area contributed by atoms with Crippen molar-refractivity contribution in [2.24, 2.45) is 0 Å². The van der Waals surface area contributed by atoms with Gasteiger partial charge in [-0.25, -0.2) is 0 Å². The van der Waals surface area contributed by atoms with Crippen molar-refractivity contribution in [3.05, 3.63) is 65.2 Å². The van der Waals surface area contributed by atoms with Gasteiger partial charge < -0.3 is 20.0 Å². The molecule has 2 aromatic rings. The summed E-state index contributed by atoms with van der Waals surface area (Å²) in [5.74, 6) is -0.302. The topological polar surface area (TPSA) is 76.2 Å². The van der Waals surface area contributed by atoms with Gasteiger partial charge in [0.25, 0.3) is 11.8 Å². The number of amides is 3. The van der Waals surface area contributed by atoms with E-state index in [1.807, 2.05) is 42.5 Å².